The molecule has 9 heteroatoms. The zero-order chi connectivity index (χ0) is 15.5. The van der Waals surface area contributed by atoms with Gasteiger partial charge < -0.3 is 5.73 Å². The second-order valence-electron chi connectivity index (χ2n) is 4.41. The molecule has 0 unspecified atom stereocenters. The van der Waals surface area contributed by atoms with Crippen molar-refractivity contribution in [3.05, 3.63) is 41.7 Å². The van der Waals surface area contributed by atoms with Crippen LogP contribution in [0.1, 0.15) is 11.1 Å². The Balaban J connectivity index is 2.10. The van der Waals surface area contributed by atoms with E-state index in [1.54, 1.807) is 29.9 Å². The summed E-state index contributed by atoms with van der Waals surface area (Å²) in [4.78, 5) is 0.447. The van der Waals surface area contributed by atoms with Crippen LogP contribution in [-0.4, -0.2) is 34.9 Å². The summed E-state index contributed by atoms with van der Waals surface area (Å²) in [5.74, 6) is 0. The van der Waals surface area contributed by atoms with Crippen LogP contribution < -0.4 is 10.5 Å². The fourth-order valence-electron chi connectivity index (χ4n) is 1.83. The first-order valence-corrected chi connectivity index (χ1v) is 8.03. The monoisotopic (exact) mass is 325 g/mol. The number of aryl methyl sites for hydroxylation is 1. The van der Waals surface area contributed by atoms with E-state index in [1.165, 1.54) is 12.3 Å². The summed E-state index contributed by atoms with van der Waals surface area (Å²) >= 11 is 4.87. The van der Waals surface area contributed by atoms with Crippen molar-refractivity contribution in [2.24, 2.45) is 5.73 Å². The second kappa shape index (κ2) is 6.29. The molecule has 0 fully saturated rings. The minimum atomic E-state index is -3.58. The van der Waals surface area contributed by atoms with E-state index >= 15 is 0 Å². The van der Waals surface area contributed by atoms with E-state index < -0.39 is 10.0 Å². The molecule has 0 aliphatic heterocycles. The molecule has 112 valence electrons. The molecule has 21 heavy (non-hydrogen) atoms. The molecule has 1 aromatic carbocycles. The molecule has 0 saturated carbocycles. The summed E-state index contributed by atoms with van der Waals surface area (Å²) in [6.07, 6.45) is 3.20. The van der Waals surface area contributed by atoms with E-state index in [2.05, 4.69) is 15.0 Å². The molecule has 0 aliphatic rings. The number of hydrogen-bond acceptors (Lipinski definition) is 5. The minimum Gasteiger partial charge on any atom is -0.389 e. The van der Waals surface area contributed by atoms with Crippen LogP contribution in [0.15, 0.2) is 35.5 Å². The second-order valence-corrected chi connectivity index (χ2v) is 6.58. The van der Waals surface area contributed by atoms with Gasteiger partial charge in [0.05, 0.1) is 17.6 Å². The number of nitrogens with zero attached hydrogens (tertiary/aromatic N) is 3. The Kier molecular flexibility index (Phi) is 4.66. The van der Waals surface area contributed by atoms with E-state index in [0.717, 1.165) is 0 Å². The predicted octanol–water partition coefficient (Wildman–Crippen LogP) is 0.199. The molecule has 2 aromatic rings. The van der Waals surface area contributed by atoms with Crippen LogP contribution in [0.2, 0.25) is 0 Å². The Morgan fingerprint density at radius 1 is 1.48 bits per heavy atom. The van der Waals surface area contributed by atoms with Crippen molar-refractivity contribution in [2.45, 2.75) is 18.4 Å². The fraction of sp³-hybridized carbons (Fsp3) is 0.250. The molecule has 0 radical (unpaired) electrons. The molecule has 0 aliphatic carbocycles. The summed E-state index contributed by atoms with van der Waals surface area (Å²) in [5.41, 5.74) is 6.76. The van der Waals surface area contributed by atoms with E-state index in [1.807, 2.05) is 0 Å². The van der Waals surface area contributed by atoms with Crippen molar-refractivity contribution in [2.75, 3.05) is 6.54 Å². The first-order valence-electron chi connectivity index (χ1n) is 6.14. The number of benzene rings is 1. The lowest BCUT2D eigenvalue weighted by atomic mass is 10.1. The number of nitrogens with one attached hydrogen (secondary N) is 1. The summed E-state index contributed by atoms with van der Waals surface area (Å²) in [6, 6.07) is 4.76. The van der Waals surface area contributed by atoms with Gasteiger partial charge in [0.25, 0.3) is 0 Å². The van der Waals surface area contributed by atoms with Crippen molar-refractivity contribution in [3.8, 4) is 0 Å². The van der Waals surface area contributed by atoms with Gasteiger partial charge in [-0.1, -0.05) is 23.5 Å². The van der Waals surface area contributed by atoms with Crippen LogP contribution in [-0.2, 0) is 16.6 Å². The van der Waals surface area contributed by atoms with Gasteiger partial charge in [-0.25, -0.2) is 13.1 Å². The lowest BCUT2D eigenvalue weighted by Gasteiger charge is -2.10. The van der Waals surface area contributed by atoms with Crippen LogP contribution in [0.25, 0.3) is 0 Å². The molecule has 0 saturated heterocycles. The van der Waals surface area contributed by atoms with Gasteiger partial charge in [0.15, 0.2) is 0 Å². The smallest absolute Gasteiger partial charge is 0.240 e. The largest absolute Gasteiger partial charge is 0.389 e. The fourth-order valence-corrected chi connectivity index (χ4v) is 3.20. The van der Waals surface area contributed by atoms with Gasteiger partial charge in [0, 0.05) is 18.3 Å². The number of hydrogen-bond donors (Lipinski definition) is 2. The molecular weight excluding hydrogens is 310 g/mol. The lowest BCUT2D eigenvalue weighted by Crippen LogP contribution is -2.28. The number of thiocarbonyl (C=S) groups is 1. The maximum atomic E-state index is 12.2. The summed E-state index contributed by atoms with van der Waals surface area (Å²) in [5, 5.41) is 7.41. The van der Waals surface area contributed by atoms with Crippen molar-refractivity contribution >= 4 is 27.2 Å². The standard InChI is InChI=1S/C12H15N5O2S2/c1-9-8-10(12(13)20)2-3-11(9)21(18,19)15-5-7-17-6-4-14-16-17/h2-4,6,8,15H,5,7H2,1H3,(H2,13,20). The van der Waals surface area contributed by atoms with E-state index in [9.17, 15) is 8.42 Å². The van der Waals surface area contributed by atoms with Crippen molar-refractivity contribution in [3.63, 3.8) is 0 Å². The Bertz CT molecular complexity index is 741. The number of rotatable bonds is 6. The molecule has 1 heterocycles. The zero-order valence-electron chi connectivity index (χ0n) is 11.4. The Hall–Kier alpha value is -1.84. The van der Waals surface area contributed by atoms with E-state index in [-0.39, 0.29) is 16.4 Å². The van der Waals surface area contributed by atoms with Gasteiger partial charge >= 0.3 is 0 Å². The molecule has 1 aromatic heterocycles. The molecule has 3 N–H and O–H groups in total. The van der Waals surface area contributed by atoms with Crippen LogP contribution in [0, 0.1) is 6.92 Å². The van der Waals surface area contributed by atoms with Crippen molar-refractivity contribution in [1.29, 1.82) is 0 Å². The van der Waals surface area contributed by atoms with Crippen LogP contribution >= 0.6 is 12.2 Å². The Labute approximate surface area is 128 Å². The molecule has 0 bridgehead atoms. The first kappa shape index (κ1) is 15.5. The van der Waals surface area contributed by atoms with Crippen LogP contribution in [0.5, 0.6) is 0 Å². The minimum absolute atomic E-state index is 0.209. The third-order valence-corrected chi connectivity index (χ3v) is 4.71. The van der Waals surface area contributed by atoms with Gasteiger partial charge in [-0.2, -0.15) is 0 Å². The maximum absolute atomic E-state index is 12.2. The highest BCUT2D eigenvalue weighted by Crippen LogP contribution is 2.16. The molecule has 0 spiro atoms. The van der Waals surface area contributed by atoms with Gasteiger partial charge in [-0.05, 0) is 24.6 Å². The topological polar surface area (TPSA) is 103 Å². The molecular formula is C12H15N5O2S2. The van der Waals surface area contributed by atoms with Gasteiger partial charge in [-0.15, -0.1) is 5.10 Å². The van der Waals surface area contributed by atoms with Gasteiger partial charge in [0.2, 0.25) is 10.0 Å². The van der Waals surface area contributed by atoms with Crippen LogP contribution in [0.4, 0.5) is 0 Å². The predicted molar refractivity (Wildman–Crippen MR) is 82.3 cm³/mol. The summed E-state index contributed by atoms with van der Waals surface area (Å²) < 4.78 is 28.6. The Morgan fingerprint density at radius 2 is 2.24 bits per heavy atom. The third kappa shape index (κ3) is 3.84. The quantitative estimate of drug-likeness (QED) is 0.736. The first-order chi connectivity index (χ1) is 9.90. The average molecular weight is 325 g/mol. The highest BCUT2D eigenvalue weighted by molar-refractivity contribution is 7.89. The van der Waals surface area contributed by atoms with Gasteiger partial charge in [0.1, 0.15) is 4.99 Å². The van der Waals surface area contributed by atoms with E-state index in [0.29, 0.717) is 17.7 Å². The number of sulfonamides is 1. The summed E-state index contributed by atoms with van der Waals surface area (Å²) in [7, 11) is -3.58. The normalized spacial score (nSPS) is 11.5. The lowest BCUT2D eigenvalue weighted by molar-refractivity contribution is 0.552. The molecule has 0 amide bonds. The SMILES string of the molecule is Cc1cc(C(N)=S)ccc1S(=O)(=O)NCCn1ccnn1. The third-order valence-electron chi connectivity index (χ3n) is 2.85. The van der Waals surface area contributed by atoms with Crippen molar-refractivity contribution < 1.29 is 8.42 Å². The average Bonchev–Trinajstić information content (AvgIpc) is 2.91. The molecule has 2 rings (SSSR count). The molecule has 7 nitrogen and oxygen atoms in total. The van der Waals surface area contributed by atoms with Crippen LogP contribution in [0.3, 0.4) is 0 Å². The highest BCUT2D eigenvalue weighted by atomic mass is 32.2. The number of nitrogens with two attached hydrogens (primary N) is 1. The Morgan fingerprint density at radius 3 is 2.81 bits per heavy atom. The van der Waals surface area contributed by atoms with Crippen molar-refractivity contribution in [1.82, 2.24) is 19.7 Å². The zero-order valence-corrected chi connectivity index (χ0v) is 13.0. The maximum Gasteiger partial charge on any atom is 0.240 e. The van der Waals surface area contributed by atoms with E-state index in [4.69, 9.17) is 18.0 Å². The highest BCUT2D eigenvalue weighted by Gasteiger charge is 2.16. The van der Waals surface area contributed by atoms with Gasteiger partial charge in [-0.3, -0.25) is 4.68 Å². The number of aromatic nitrogens is 3. The molecule has 0 atom stereocenters. The summed E-state index contributed by atoms with van der Waals surface area (Å²) in [6.45, 7) is 2.33.